The van der Waals surface area contributed by atoms with Crippen LogP contribution in [0.2, 0.25) is 0 Å². The Hall–Kier alpha value is -0.610. The van der Waals surface area contributed by atoms with E-state index in [1.807, 2.05) is 18.2 Å². The van der Waals surface area contributed by atoms with Crippen molar-refractivity contribution >= 4 is 42.8 Å². The minimum Gasteiger partial charge on any atom is -0.490 e. The van der Waals surface area contributed by atoms with Crippen LogP contribution < -0.4 is 4.74 Å². The second-order valence-electron chi connectivity index (χ2n) is 3.42. The smallest absolute Gasteiger partial charge is 0.159 e. The van der Waals surface area contributed by atoms with Crippen LogP contribution in [-0.4, -0.2) is 11.6 Å². The Labute approximate surface area is 111 Å². The van der Waals surface area contributed by atoms with E-state index >= 15 is 0 Å². The predicted octanol–water partition coefficient (Wildman–Crippen LogP) is 4.55. The van der Waals surface area contributed by atoms with Gasteiger partial charge < -0.3 is 4.74 Å². The highest BCUT2D eigenvalue weighted by molar-refractivity contribution is 9.11. The van der Waals surface area contributed by atoms with Crippen molar-refractivity contribution in [3.8, 4) is 5.75 Å². The van der Waals surface area contributed by atoms with E-state index < -0.39 is 0 Å². The first-order valence-corrected chi connectivity index (χ1v) is 6.68. The molecule has 0 aliphatic rings. The Morgan fingerprint density at radius 2 is 2.12 bits per heavy atom. The summed E-state index contributed by atoms with van der Waals surface area (Å²) in [5.74, 6) is 0.820. The Morgan fingerprint density at radius 3 is 2.88 bits per heavy atom. The van der Waals surface area contributed by atoms with Crippen LogP contribution in [0.4, 0.5) is 0 Å². The zero-order valence-electron chi connectivity index (χ0n) is 8.84. The molecule has 2 rings (SSSR count). The topological polar surface area (TPSA) is 22.1 Å². The average Bonchev–Trinajstić information content (AvgIpc) is 2.29. The summed E-state index contributed by atoms with van der Waals surface area (Å²) in [6, 6.07) is 5.94. The lowest BCUT2D eigenvalue weighted by molar-refractivity contribution is 0.318. The van der Waals surface area contributed by atoms with Gasteiger partial charge in [0.05, 0.1) is 11.1 Å². The molecule has 0 bridgehead atoms. The molecule has 0 unspecified atom stereocenters. The Bertz CT molecular complexity index is 514. The lowest BCUT2D eigenvalue weighted by atomic mass is 10.2. The van der Waals surface area contributed by atoms with E-state index in [2.05, 4.69) is 43.8 Å². The van der Waals surface area contributed by atoms with E-state index in [1.54, 1.807) is 6.20 Å². The molecule has 0 radical (unpaired) electrons. The van der Waals surface area contributed by atoms with Crippen LogP contribution in [0, 0.1) is 0 Å². The second-order valence-corrected chi connectivity index (χ2v) is 5.13. The second kappa shape index (κ2) is 5.15. The average molecular weight is 345 g/mol. The molecule has 1 heterocycles. The third kappa shape index (κ3) is 2.23. The summed E-state index contributed by atoms with van der Waals surface area (Å²) in [6.07, 6.45) is 2.76. The van der Waals surface area contributed by atoms with Gasteiger partial charge in [0.1, 0.15) is 5.52 Å². The maximum absolute atomic E-state index is 5.72. The van der Waals surface area contributed by atoms with Crippen LogP contribution in [0.25, 0.3) is 10.9 Å². The molecular formula is C12H11Br2NO. The van der Waals surface area contributed by atoms with E-state index in [0.717, 1.165) is 32.0 Å². The first kappa shape index (κ1) is 11.9. The Morgan fingerprint density at radius 1 is 1.31 bits per heavy atom. The molecule has 16 heavy (non-hydrogen) atoms. The van der Waals surface area contributed by atoms with Crippen LogP contribution in [0.3, 0.4) is 0 Å². The molecule has 4 heteroatoms. The van der Waals surface area contributed by atoms with Gasteiger partial charge in [-0.15, -0.1) is 0 Å². The number of rotatable bonds is 3. The van der Waals surface area contributed by atoms with E-state index in [0.29, 0.717) is 6.61 Å². The molecule has 0 aliphatic carbocycles. The van der Waals surface area contributed by atoms with Gasteiger partial charge in [0.2, 0.25) is 0 Å². The third-order valence-electron chi connectivity index (χ3n) is 2.20. The molecule has 1 aromatic heterocycles. The molecule has 0 amide bonds. The number of ether oxygens (including phenoxy) is 1. The van der Waals surface area contributed by atoms with Crippen LogP contribution in [0.5, 0.6) is 5.75 Å². The van der Waals surface area contributed by atoms with Gasteiger partial charge in [0.25, 0.3) is 0 Å². The first-order chi connectivity index (χ1) is 7.74. The van der Waals surface area contributed by atoms with Crippen molar-refractivity contribution in [1.82, 2.24) is 4.98 Å². The Balaban J connectivity index is 2.61. The van der Waals surface area contributed by atoms with Gasteiger partial charge >= 0.3 is 0 Å². The molecule has 0 aliphatic heterocycles. The number of benzene rings is 1. The quantitative estimate of drug-likeness (QED) is 0.814. The van der Waals surface area contributed by atoms with Crippen molar-refractivity contribution in [3.63, 3.8) is 0 Å². The summed E-state index contributed by atoms with van der Waals surface area (Å²) in [6.45, 7) is 2.79. The molecule has 0 fully saturated rings. The van der Waals surface area contributed by atoms with Crippen LogP contribution in [-0.2, 0) is 0 Å². The zero-order chi connectivity index (χ0) is 11.5. The highest BCUT2D eigenvalue weighted by atomic mass is 79.9. The summed E-state index contributed by atoms with van der Waals surface area (Å²) in [7, 11) is 0. The normalized spacial score (nSPS) is 10.7. The number of pyridine rings is 1. The van der Waals surface area contributed by atoms with Crippen molar-refractivity contribution < 1.29 is 4.74 Å². The predicted molar refractivity (Wildman–Crippen MR) is 72.9 cm³/mol. The molecule has 0 saturated carbocycles. The lowest BCUT2D eigenvalue weighted by Crippen LogP contribution is -1.97. The van der Waals surface area contributed by atoms with Gasteiger partial charge in [-0.2, -0.15) is 0 Å². The number of hydrogen-bond donors (Lipinski definition) is 0. The number of fused-ring (bicyclic) bond motifs is 1. The standard InChI is InChI=1S/C12H11Br2NO/c1-2-6-16-12-10(14)7-9(13)8-4-3-5-15-11(8)12/h3-5,7H,2,6H2,1H3. The van der Waals surface area contributed by atoms with Crippen molar-refractivity contribution in [2.24, 2.45) is 0 Å². The van der Waals surface area contributed by atoms with Gasteiger partial charge in [-0.25, -0.2) is 0 Å². The van der Waals surface area contributed by atoms with Crippen molar-refractivity contribution in [1.29, 1.82) is 0 Å². The molecule has 0 N–H and O–H groups in total. The van der Waals surface area contributed by atoms with E-state index in [9.17, 15) is 0 Å². The first-order valence-electron chi connectivity index (χ1n) is 5.09. The fraction of sp³-hybridized carbons (Fsp3) is 0.250. The minimum atomic E-state index is 0.700. The molecule has 0 atom stereocenters. The molecular weight excluding hydrogens is 334 g/mol. The van der Waals surface area contributed by atoms with Gasteiger partial charge in [-0.3, -0.25) is 4.98 Å². The number of halogens is 2. The molecule has 84 valence electrons. The van der Waals surface area contributed by atoms with Crippen molar-refractivity contribution in [2.45, 2.75) is 13.3 Å². The van der Waals surface area contributed by atoms with Gasteiger partial charge in [0, 0.05) is 16.1 Å². The van der Waals surface area contributed by atoms with Crippen LogP contribution >= 0.6 is 31.9 Å². The van der Waals surface area contributed by atoms with Crippen LogP contribution in [0.1, 0.15) is 13.3 Å². The highest BCUT2D eigenvalue weighted by Gasteiger charge is 2.11. The number of nitrogens with zero attached hydrogens (tertiary/aromatic N) is 1. The maximum Gasteiger partial charge on any atom is 0.159 e. The van der Waals surface area contributed by atoms with E-state index in [-0.39, 0.29) is 0 Å². The van der Waals surface area contributed by atoms with E-state index in [1.165, 1.54) is 0 Å². The van der Waals surface area contributed by atoms with Crippen molar-refractivity contribution in [2.75, 3.05) is 6.61 Å². The monoisotopic (exact) mass is 343 g/mol. The Kier molecular flexibility index (Phi) is 3.82. The van der Waals surface area contributed by atoms with Gasteiger partial charge in [-0.1, -0.05) is 28.9 Å². The lowest BCUT2D eigenvalue weighted by Gasteiger charge is -2.11. The SMILES string of the molecule is CCCOc1c(Br)cc(Br)c2cccnc12. The van der Waals surface area contributed by atoms with Crippen LogP contribution in [0.15, 0.2) is 33.3 Å². The number of aromatic nitrogens is 1. The molecule has 0 spiro atoms. The molecule has 2 nitrogen and oxygen atoms in total. The largest absolute Gasteiger partial charge is 0.490 e. The summed E-state index contributed by atoms with van der Waals surface area (Å²) in [4.78, 5) is 4.37. The van der Waals surface area contributed by atoms with Crippen molar-refractivity contribution in [3.05, 3.63) is 33.3 Å². The third-order valence-corrected chi connectivity index (χ3v) is 3.45. The number of hydrogen-bond acceptors (Lipinski definition) is 2. The fourth-order valence-electron chi connectivity index (χ4n) is 1.49. The zero-order valence-corrected chi connectivity index (χ0v) is 12.0. The fourth-order valence-corrected chi connectivity index (χ4v) is 2.88. The van der Waals surface area contributed by atoms with E-state index in [4.69, 9.17) is 4.74 Å². The summed E-state index contributed by atoms with van der Waals surface area (Å²) in [5.41, 5.74) is 0.886. The summed E-state index contributed by atoms with van der Waals surface area (Å²) >= 11 is 7.03. The molecule has 2 aromatic rings. The molecule has 0 saturated heterocycles. The molecule has 1 aromatic carbocycles. The summed E-state index contributed by atoms with van der Waals surface area (Å²) < 4.78 is 7.67. The summed E-state index contributed by atoms with van der Waals surface area (Å²) in [5, 5.41) is 1.07. The van der Waals surface area contributed by atoms with Gasteiger partial charge in [-0.05, 0) is 34.5 Å². The maximum atomic E-state index is 5.72. The highest BCUT2D eigenvalue weighted by Crippen LogP contribution is 2.37. The van der Waals surface area contributed by atoms with Gasteiger partial charge in [0.15, 0.2) is 5.75 Å². The minimum absolute atomic E-state index is 0.700.